The molecule has 0 saturated heterocycles. The third-order valence-electron chi connectivity index (χ3n) is 23.7. The molecular formula is C113H159Cl2NaO11S4Si5. The number of allylic oxidation sites excluding steroid dienone is 2. The molecule has 736 valence electrons. The summed E-state index contributed by atoms with van der Waals surface area (Å²) in [4.78, 5) is 0.143. The van der Waals surface area contributed by atoms with Gasteiger partial charge in [0, 0.05) is 49.5 Å². The van der Waals surface area contributed by atoms with E-state index in [1.807, 2.05) is 44.2 Å². The minimum absolute atomic E-state index is 0. The third-order valence-corrected chi connectivity index (χ3v) is 53.0. The molecule has 136 heavy (non-hydrogen) atoms. The van der Waals surface area contributed by atoms with Gasteiger partial charge in [0.1, 0.15) is 0 Å². The normalized spacial score (nSPS) is 12.5. The zero-order chi connectivity index (χ0) is 98.3. The van der Waals surface area contributed by atoms with Crippen molar-refractivity contribution in [2.75, 3.05) is 45.4 Å². The smallest absolute Gasteiger partial charge is 0.813 e. The molecule has 23 heteroatoms. The Kier molecular flexibility index (Phi) is 58.7. The van der Waals surface area contributed by atoms with Crippen molar-refractivity contribution in [3.8, 4) is 0 Å². The fourth-order valence-corrected chi connectivity index (χ4v) is 40.3. The van der Waals surface area contributed by atoms with Crippen LogP contribution in [-0.2, 0) is 40.3 Å². The van der Waals surface area contributed by atoms with E-state index in [9.17, 15) is 23.7 Å². The number of thiol groups is 2. The predicted octanol–water partition coefficient (Wildman–Crippen LogP) is 18.5. The van der Waals surface area contributed by atoms with E-state index in [0.717, 1.165) is 76.4 Å². The van der Waals surface area contributed by atoms with E-state index in [-0.39, 0.29) is 112 Å². The first-order valence-corrected chi connectivity index (χ1v) is 60.6. The first kappa shape index (κ1) is 126. The fourth-order valence-electron chi connectivity index (χ4n) is 16.8. The van der Waals surface area contributed by atoms with Crippen LogP contribution in [0.15, 0.2) is 358 Å². The average Bonchev–Trinajstić information content (AvgIpc) is 0.744. The van der Waals surface area contributed by atoms with E-state index in [1.165, 1.54) is 64.0 Å². The first-order valence-electron chi connectivity index (χ1n) is 47.0. The molecule has 0 fully saturated rings. The van der Waals surface area contributed by atoms with Crippen LogP contribution in [-0.4, -0.2) is 138 Å². The molecule has 11 rings (SSSR count). The molecule has 2 unspecified atom stereocenters. The summed E-state index contributed by atoms with van der Waals surface area (Å²) < 4.78 is 48.4. The zero-order valence-electron chi connectivity index (χ0n) is 84.4. The Morgan fingerprint density at radius 3 is 0.750 bits per heavy atom. The Bertz CT molecular complexity index is 4610. The minimum Gasteiger partial charge on any atom is -0.813 e. The number of benzene rings is 11. The van der Waals surface area contributed by atoms with Crippen molar-refractivity contribution in [1.29, 1.82) is 0 Å². The summed E-state index contributed by atoms with van der Waals surface area (Å²) in [6.07, 6.45) is 11.7. The molecule has 3 atom stereocenters. The molecule has 0 saturated carbocycles. The molecule has 0 heterocycles. The fraction of sp³-hybridized carbons (Fsp3) is 0.381. The molecule has 0 aliphatic rings. The van der Waals surface area contributed by atoms with Crippen molar-refractivity contribution < 1.29 is 81.2 Å². The summed E-state index contributed by atoms with van der Waals surface area (Å²) in [5.41, 5.74) is 1.01. The summed E-state index contributed by atoms with van der Waals surface area (Å²) in [6.45, 7) is 48.1. The number of aryl methyl sites for hydroxylation is 1. The largest absolute Gasteiger partial charge is 1.00 e. The van der Waals surface area contributed by atoms with Crippen LogP contribution in [0, 0.1) is 6.92 Å². The topological polar surface area (TPSA) is 172 Å². The number of hydrogen-bond acceptors (Lipinski definition) is 13. The second-order valence-electron chi connectivity index (χ2n) is 38.7. The molecule has 11 nitrogen and oxygen atoms in total. The molecule has 0 amide bonds. The molecule has 11 aromatic carbocycles. The molecular weight excluding hydrogens is 1900 g/mol. The second kappa shape index (κ2) is 63.3. The number of unbranched alkanes of at least 4 members (excludes halogenated alkanes) is 2. The van der Waals surface area contributed by atoms with Crippen LogP contribution in [0.3, 0.4) is 0 Å². The van der Waals surface area contributed by atoms with Crippen molar-refractivity contribution >= 4 is 163 Å². The Labute approximate surface area is 876 Å². The quantitative estimate of drug-likeness (QED) is 0.00415. The average molecular weight is 2060 g/mol. The molecule has 0 aromatic heterocycles. The van der Waals surface area contributed by atoms with Gasteiger partial charge in [-0.1, -0.05) is 444 Å². The third kappa shape index (κ3) is 37.5. The van der Waals surface area contributed by atoms with E-state index >= 15 is 0 Å². The van der Waals surface area contributed by atoms with E-state index in [1.54, 1.807) is 18.2 Å². The summed E-state index contributed by atoms with van der Waals surface area (Å²) >= 11 is 11.4. The number of aliphatic hydroxyl groups is 5. The van der Waals surface area contributed by atoms with Crippen LogP contribution >= 0.6 is 47.9 Å². The van der Waals surface area contributed by atoms with Gasteiger partial charge in [-0.25, -0.2) is 8.42 Å². The Morgan fingerprint density at radius 2 is 0.566 bits per heavy atom. The number of aliphatic hydroxyl groups excluding tert-OH is 5. The van der Waals surface area contributed by atoms with Gasteiger partial charge in [-0.05, 0) is 167 Å². The van der Waals surface area contributed by atoms with Crippen LogP contribution in [0.4, 0.5) is 0 Å². The van der Waals surface area contributed by atoms with Gasteiger partial charge in [-0.15, -0.1) is 13.2 Å². The Balaban J connectivity index is 0.000000549. The van der Waals surface area contributed by atoms with Crippen molar-refractivity contribution in [3.63, 3.8) is 0 Å². The van der Waals surface area contributed by atoms with Crippen molar-refractivity contribution in [1.82, 2.24) is 0 Å². The van der Waals surface area contributed by atoms with E-state index in [4.69, 9.17) is 49.7 Å². The van der Waals surface area contributed by atoms with Crippen molar-refractivity contribution in [2.45, 2.75) is 237 Å². The molecule has 0 spiro atoms. The van der Waals surface area contributed by atoms with E-state index < -0.39 is 55.8 Å². The maximum atomic E-state index is 10.7. The second-order valence-corrected chi connectivity index (χ2v) is 64.5. The van der Waals surface area contributed by atoms with Gasteiger partial charge in [0.15, 0.2) is 0 Å². The van der Waals surface area contributed by atoms with Gasteiger partial charge < -0.3 is 56.7 Å². The van der Waals surface area contributed by atoms with Gasteiger partial charge >= 0.3 is 29.6 Å². The van der Waals surface area contributed by atoms with Gasteiger partial charge in [-0.2, -0.15) is 37.2 Å². The summed E-state index contributed by atoms with van der Waals surface area (Å²) in [5, 5.41) is 59.4. The van der Waals surface area contributed by atoms with Crippen LogP contribution in [0.2, 0.25) is 25.2 Å². The molecule has 11 aromatic rings. The molecule has 5 N–H and O–H groups in total. The summed E-state index contributed by atoms with van der Waals surface area (Å²) in [7, 11) is -10.3. The van der Waals surface area contributed by atoms with Crippen LogP contribution in [0.25, 0.3) is 0 Å². The predicted molar refractivity (Wildman–Crippen MR) is 604 cm³/mol. The Morgan fingerprint density at radius 1 is 0.353 bits per heavy atom. The van der Waals surface area contributed by atoms with Crippen molar-refractivity contribution in [3.05, 3.63) is 358 Å². The molecule has 0 aliphatic carbocycles. The number of hydrogen-bond donors (Lipinski definition) is 6. The molecule has 0 aliphatic heterocycles. The minimum atomic E-state index is -3.55. The van der Waals surface area contributed by atoms with Crippen LogP contribution in [0.5, 0.6) is 0 Å². The van der Waals surface area contributed by atoms with Gasteiger partial charge in [0.25, 0.3) is 42.3 Å². The maximum absolute atomic E-state index is 10.7. The van der Waals surface area contributed by atoms with Gasteiger partial charge in [0.2, 0.25) is 7.38 Å². The van der Waals surface area contributed by atoms with Gasteiger partial charge in [0.05, 0.1) is 29.8 Å². The monoisotopic (exact) mass is 2050 g/mol. The van der Waals surface area contributed by atoms with E-state index in [2.05, 4.69) is 409 Å². The van der Waals surface area contributed by atoms with Crippen LogP contribution < -0.4 is 81.4 Å². The first-order chi connectivity index (χ1) is 63.1. The molecule has 0 bridgehead atoms. The Hall–Kier alpha value is -5.80. The summed E-state index contributed by atoms with van der Waals surface area (Å²) in [6, 6.07) is 113. The number of halogens is 2. The van der Waals surface area contributed by atoms with Gasteiger partial charge in [-0.3, -0.25) is 0 Å². The van der Waals surface area contributed by atoms with Crippen LogP contribution in [0.1, 0.15) is 187 Å². The van der Waals surface area contributed by atoms with E-state index in [0.29, 0.717) is 32.0 Å². The standard InChI is InChI=1S/C22H32O2Si.C21H30O3Si.C21H30O2SSi.C21H28OSi.C16H19ClSi.C7H7ClO2S.C5H10O.Na.2H2S/c1-5-19(23)13-12-18-24-25(22(2,3)4,20-14-8-6-9-15-20)21-16-10-7-11-17-21;1-21(2,3)25(19-12-6-4-7-13-19,20-14-8-5-9-15-20)24-16-10-11-18(23)17-22;1-21(2,3)25(19-12-6-4-7-13-19,20-14-8-5-9-15-20)23-16-10-11-18(22)17-24;1-5-6-13-18-22-23(21(2,3)4,19-14-9-7-10-15-19)20-16-11-8-12-17-20;1-16(2,3)18(17,14-10-6-4-7-11-14)15-12-8-5-9-13-15;1-6-2-4-7(5-3-6)11(8,9)10;1-2-3-4-5-6;;;/h6-11,14-17,19,23H,5,12-13,18H2,1-4H3;4-9,12-15,18,22-23H,10-11,16-17H2,1-3H3;4-9,12-15,18,22,24H,10-11,16-17H2,1-3H3;5,7-12,14-17H,1,6,13,18H2,2-4H3;4-13H,1-3H3;2-5H,1H3;2,6H,1,3-5H2;;2*1H2/q;;;;;;;+1;;/p-1/t;18-;;;;;;;;/m.0......../s1. The number of rotatable bonds is 37. The maximum Gasteiger partial charge on any atom is 1.00 e. The van der Waals surface area contributed by atoms with Crippen molar-refractivity contribution in [2.24, 2.45) is 0 Å². The summed E-state index contributed by atoms with van der Waals surface area (Å²) in [5.74, 6) is 0.499. The molecule has 0 radical (unpaired) electrons. The SMILES string of the molecule is C=CCCCO.C=CCCCO[Si](c1ccccc1)(c1ccccc1)C(C)(C)C.CC(C)(C)[Si](Cl)(c1ccccc1)c1ccccc1.CC(C)(C)[Si](OCCCC(O)CS)(c1ccccc1)c1ccccc1.CC(C)(C)[Si](OCCC[C@H](O)CO)(c1ccccc1)c1ccccc1.CCC(O)CCCO[Si](c1ccccc1)(c1ccccc1)C(C)(C)C.Cc1ccc(S(=O)(=O)Cl)cc1.S.[Na+].[SH-]. The zero-order valence-corrected chi connectivity index (χ0v) is 96.6.